The number of ether oxygens (including phenoxy) is 1. The number of nitrogens with zero attached hydrogens (tertiary/aromatic N) is 1. The van der Waals surface area contributed by atoms with Crippen molar-refractivity contribution in [1.29, 1.82) is 0 Å². The van der Waals surface area contributed by atoms with Gasteiger partial charge in [0.25, 0.3) is 0 Å². The lowest BCUT2D eigenvalue weighted by Crippen LogP contribution is -2.48. The summed E-state index contributed by atoms with van der Waals surface area (Å²) in [5.41, 5.74) is 1.51. The Morgan fingerprint density at radius 1 is 1.38 bits per heavy atom. The van der Waals surface area contributed by atoms with E-state index in [1.165, 1.54) is 25.2 Å². The van der Waals surface area contributed by atoms with E-state index in [9.17, 15) is 13.2 Å². The fraction of sp³-hybridized carbons (Fsp3) is 0.500. The maximum Gasteiger partial charge on any atom is 0.243 e. The maximum absolute atomic E-state index is 12.6. The first kappa shape index (κ1) is 20.6. The molecule has 0 radical (unpaired) electrons. The minimum Gasteiger partial charge on any atom is -0.495 e. The van der Waals surface area contributed by atoms with Crippen LogP contribution in [0, 0.1) is 0 Å². The molecule has 1 aromatic carbocycles. The molecule has 0 saturated heterocycles. The first-order valence-electron chi connectivity index (χ1n) is 8.52. The maximum atomic E-state index is 12.6. The molecule has 6 nitrogen and oxygen atoms in total. The average Bonchev–Trinajstić information content (AvgIpc) is 2.59. The highest BCUT2D eigenvalue weighted by Crippen LogP contribution is 2.31. The minimum atomic E-state index is -3.68. The highest BCUT2D eigenvalue weighted by molar-refractivity contribution is 7.92. The standard InChI is InChI=1S/C18H25ClN2O4S/c1-13(18(22)20-12-14-7-5-4-6-8-14)21(26(3,23)24)15-9-10-17(25-2)16(19)11-15/h7,9-11,13H,4-6,8,12H2,1-3H3,(H,20,22)/t13-/m0/s1. The van der Waals surface area contributed by atoms with Crippen molar-refractivity contribution in [2.45, 2.75) is 38.6 Å². The zero-order valence-electron chi connectivity index (χ0n) is 15.3. The number of carbonyl (C=O) groups is 1. The van der Waals surface area contributed by atoms with Gasteiger partial charge in [-0.3, -0.25) is 9.10 Å². The van der Waals surface area contributed by atoms with Gasteiger partial charge < -0.3 is 10.1 Å². The summed E-state index contributed by atoms with van der Waals surface area (Å²) in [5, 5.41) is 3.12. The Morgan fingerprint density at radius 2 is 2.12 bits per heavy atom. The van der Waals surface area contributed by atoms with Crippen LogP contribution in [0.1, 0.15) is 32.6 Å². The third-order valence-electron chi connectivity index (χ3n) is 4.35. The van der Waals surface area contributed by atoms with Crippen LogP contribution in [0.3, 0.4) is 0 Å². The quantitative estimate of drug-likeness (QED) is 0.713. The van der Waals surface area contributed by atoms with Crippen molar-refractivity contribution in [3.8, 4) is 5.75 Å². The summed E-state index contributed by atoms with van der Waals surface area (Å²) in [5.74, 6) is 0.0825. The van der Waals surface area contributed by atoms with Crippen molar-refractivity contribution in [1.82, 2.24) is 5.32 Å². The molecule has 1 N–H and O–H groups in total. The predicted octanol–water partition coefficient (Wildman–Crippen LogP) is 3.12. The minimum absolute atomic E-state index is 0.276. The topological polar surface area (TPSA) is 75.7 Å². The van der Waals surface area contributed by atoms with Gasteiger partial charge in [-0.15, -0.1) is 0 Å². The summed E-state index contributed by atoms with van der Waals surface area (Å²) in [7, 11) is -2.21. The van der Waals surface area contributed by atoms with E-state index in [1.54, 1.807) is 19.1 Å². The van der Waals surface area contributed by atoms with Crippen molar-refractivity contribution >= 4 is 33.2 Å². The van der Waals surface area contributed by atoms with Crippen molar-refractivity contribution < 1.29 is 17.9 Å². The number of hydrogen-bond donors (Lipinski definition) is 1. The Kier molecular flexibility index (Phi) is 6.94. The third kappa shape index (κ3) is 5.14. The molecule has 0 heterocycles. The van der Waals surface area contributed by atoms with Gasteiger partial charge in [0.2, 0.25) is 15.9 Å². The molecule has 8 heteroatoms. The second-order valence-electron chi connectivity index (χ2n) is 6.38. The molecule has 1 atom stereocenters. The van der Waals surface area contributed by atoms with Crippen molar-refractivity contribution in [2.24, 2.45) is 0 Å². The predicted molar refractivity (Wildman–Crippen MR) is 104 cm³/mol. The van der Waals surface area contributed by atoms with Crippen LogP contribution in [0.2, 0.25) is 5.02 Å². The van der Waals surface area contributed by atoms with E-state index < -0.39 is 16.1 Å². The lowest BCUT2D eigenvalue weighted by Gasteiger charge is -2.28. The van der Waals surface area contributed by atoms with Crippen molar-refractivity contribution in [3.63, 3.8) is 0 Å². The SMILES string of the molecule is COc1ccc(N([C@@H](C)C(=O)NCC2=CCCCC2)S(C)(=O)=O)cc1Cl. The van der Waals surface area contributed by atoms with Crippen LogP contribution in [-0.2, 0) is 14.8 Å². The molecule has 26 heavy (non-hydrogen) atoms. The monoisotopic (exact) mass is 400 g/mol. The number of carbonyl (C=O) groups excluding carboxylic acids is 1. The van der Waals surface area contributed by atoms with E-state index in [2.05, 4.69) is 11.4 Å². The summed E-state index contributed by atoms with van der Waals surface area (Å²) in [6, 6.07) is 3.72. The van der Waals surface area contributed by atoms with Gasteiger partial charge in [0.15, 0.2) is 0 Å². The number of hydrogen-bond acceptors (Lipinski definition) is 4. The largest absolute Gasteiger partial charge is 0.495 e. The van der Waals surface area contributed by atoms with E-state index in [0.29, 0.717) is 18.0 Å². The van der Waals surface area contributed by atoms with E-state index in [4.69, 9.17) is 16.3 Å². The van der Waals surface area contributed by atoms with E-state index >= 15 is 0 Å². The van der Waals surface area contributed by atoms with Crippen LogP contribution in [0.5, 0.6) is 5.75 Å². The average molecular weight is 401 g/mol. The summed E-state index contributed by atoms with van der Waals surface area (Å²) in [4.78, 5) is 12.6. The van der Waals surface area contributed by atoms with Gasteiger partial charge in [-0.2, -0.15) is 0 Å². The van der Waals surface area contributed by atoms with Gasteiger partial charge in [-0.25, -0.2) is 8.42 Å². The molecule has 0 aliphatic heterocycles. The van der Waals surface area contributed by atoms with Gasteiger partial charge in [0.1, 0.15) is 11.8 Å². The Hall–Kier alpha value is -1.73. The zero-order valence-corrected chi connectivity index (χ0v) is 16.9. The molecule has 0 unspecified atom stereocenters. The number of rotatable bonds is 7. The van der Waals surface area contributed by atoms with E-state index in [-0.39, 0.29) is 10.9 Å². The number of amides is 1. The van der Waals surface area contributed by atoms with Gasteiger partial charge in [0.05, 0.1) is 24.1 Å². The van der Waals surface area contributed by atoms with Crippen LogP contribution in [0.25, 0.3) is 0 Å². The molecule has 1 aliphatic rings. The molecule has 0 bridgehead atoms. The molecule has 0 fully saturated rings. The molecule has 1 amide bonds. The summed E-state index contributed by atoms with van der Waals surface area (Å²) < 4.78 is 30.8. The number of halogens is 1. The fourth-order valence-electron chi connectivity index (χ4n) is 3.01. The van der Waals surface area contributed by atoms with Crippen LogP contribution < -0.4 is 14.4 Å². The molecular weight excluding hydrogens is 376 g/mol. The second-order valence-corrected chi connectivity index (χ2v) is 8.65. The van der Waals surface area contributed by atoms with Gasteiger partial charge in [-0.05, 0) is 50.8 Å². The normalized spacial score (nSPS) is 15.8. The van der Waals surface area contributed by atoms with E-state index in [1.807, 2.05) is 0 Å². The van der Waals surface area contributed by atoms with Crippen LogP contribution in [0.15, 0.2) is 29.8 Å². The van der Waals surface area contributed by atoms with Crippen LogP contribution in [-0.4, -0.2) is 40.3 Å². The summed E-state index contributed by atoms with van der Waals surface area (Å²) >= 11 is 6.12. The zero-order chi connectivity index (χ0) is 19.3. The molecule has 0 saturated carbocycles. The molecule has 1 aliphatic carbocycles. The number of methoxy groups -OCH3 is 1. The number of nitrogens with one attached hydrogen (secondary N) is 1. The Bertz CT molecular complexity index is 792. The molecular formula is C18H25ClN2O4S. The smallest absolute Gasteiger partial charge is 0.243 e. The van der Waals surface area contributed by atoms with E-state index in [0.717, 1.165) is 29.8 Å². The lowest BCUT2D eigenvalue weighted by atomic mass is 10.00. The number of benzene rings is 1. The Labute approximate surface area is 160 Å². The molecule has 0 aromatic heterocycles. The number of anilines is 1. The van der Waals surface area contributed by atoms with Gasteiger partial charge in [-0.1, -0.05) is 23.3 Å². The Balaban J connectivity index is 2.19. The number of allylic oxidation sites excluding steroid dienone is 1. The number of sulfonamides is 1. The highest BCUT2D eigenvalue weighted by Gasteiger charge is 2.29. The molecule has 0 spiro atoms. The molecule has 2 rings (SSSR count). The van der Waals surface area contributed by atoms with Crippen molar-refractivity contribution in [2.75, 3.05) is 24.2 Å². The molecule has 144 valence electrons. The lowest BCUT2D eigenvalue weighted by molar-refractivity contribution is -0.121. The third-order valence-corrected chi connectivity index (χ3v) is 5.89. The summed E-state index contributed by atoms with van der Waals surface area (Å²) in [6.07, 6.45) is 7.51. The van der Waals surface area contributed by atoms with Gasteiger partial charge >= 0.3 is 0 Å². The highest BCUT2D eigenvalue weighted by atomic mass is 35.5. The second kappa shape index (κ2) is 8.77. The Morgan fingerprint density at radius 3 is 2.65 bits per heavy atom. The first-order chi connectivity index (χ1) is 12.2. The van der Waals surface area contributed by atoms with Crippen LogP contribution in [0.4, 0.5) is 5.69 Å². The first-order valence-corrected chi connectivity index (χ1v) is 10.7. The summed E-state index contributed by atoms with van der Waals surface area (Å²) in [6.45, 7) is 2.01. The fourth-order valence-corrected chi connectivity index (χ4v) is 4.43. The van der Waals surface area contributed by atoms with Gasteiger partial charge in [0, 0.05) is 6.54 Å². The molecule has 1 aromatic rings. The van der Waals surface area contributed by atoms with Crippen molar-refractivity contribution in [3.05, 3.63) is 34.9 Å². The van der Waals surface area contributed by atoms with Crippen LogP contribution >= 0.6 is 11.6 Å².